The number of rotatable bonds is 0. The fourth-order valence-corrected chi connectivity index (χ4v) is 1.71. The second-order valence-corrected chi connectivity index (χ2v) is 3.44. The summed E-state index contributed by atoms with van der Waals surface area (Å²) in [7, 11) is 0. The van der Waals surface area contributed by atoms with Gasteiger partial charge >= 0.3 is 0 Å². The first-order valence-electron chi connectivity index (χ1n) is 4.74. The molecule has 0 aliphatic carbocycles. The van der Waals surface area contributed by atoms with Crippen molar-refractivity contribution in [3.8, 4) is 5.75 Å². The third kappa shape index (κ3) is 1.68. The first-order valence-corrected chi connectivity index (χ1v) is 4.74. The van der Waals surface area contributed by atoms with E-state index in [-0.39, 0.29) is 25.2 Å². The van der Waals surface area contributed by atoms with Gasteiger partial charge in [0, 0.05) is 25.0 Å². The molecule has 0 bridgehead atoms. The van der Waals surface area contributed by atoms with Gasteiger partial charge in [0.2, 0.25) is 0 Å². The Labute approximate surface area is 106 Å². The summed E-state index contributed by atoms with van der Waals surface area (Å²) in [6.07, 6.45) is 0. The van der Waals surface area contributed by atoms with E-state index < -0.39 is 0 Å². The summed E-state index contributed by atoms with van der Waals surface area (Å²) in [4.78, 5) is 4.40. The number of aromatic nitrogens is 1. The van der Waals surface area contributed by atoms with Crippen molar-refractivity contribution in [2.45, 2.75) is 0 Å². The predicted molar refractivity (Wildman–Crippen MR) is 59.7 cm³/mol. The summed E-state index contributed by atoms with van der Waals surface area (Å²) in [5.41, 5.74) is 1.50. The second-order valence-electron chi connectivity index (χ2n) is 3.44. The maximum absolute atomic E-state index is 9.65. The molecule has 0 fully saturated rings. The van der Waals surface area contributed by atoms with Crippen LogP contribution in [-0.4, -0.2) is 10.1 Å². The van der Waals surface area contributed by atoms with Gasteiger partial charge in [0.15, 0.2) is 0 Å². The van der Waals surface area contributed by atoms with Crippen LogP contribution in [0.15, 0.2) is 42.5 Å². The molecule has 2 aromatic carbocycles. The average Bonchev–Trinajstić information content (AvgIpc) is 2.27. The molecule has 3 rings (SSSR count). The second kappa shape index (κ2) is 4.19. The number of benzene rings is 2. The fraction of sp³-hybridized carbons (Fsp3) is 0. The van der Waals surface area contributed by atoms with E-state index in [0.29, 0.717) is 5.52 Å². The Kier molecular flexibility index (Phi) is 2.89. The van der Waals surface area contributed by atoms with Gasteiger partial charge in [-0.2, -0.15) is 0 Å². The van der Waals surface area contributed by atoms with Crippen LogP contribution in [0, 0.1) is 6.07 Å². The Morgan fingerprint density at radius 1 is 1.12 bits per heavy atom. The summed E-state index contributed by atoms with van der Waals surface area (Å²) in [5.74, 6) is 0.203. The Morgan fingerprint density at radius 3 is 2.81 bits per heavy atom. The topological polar surface area (TPSA) is 33.1 Å². The smallest absolute Gasteiger partial charge is 0.0597 e. The van der Waals surface area contributed by atoms with Crippen molar-refractivity contribution in [3.63, 3.8) is 0 Å². The van der Waals surface area contributed by atoms with Crippen molar-refractivity contribution in [2.75, 3.05) is 0 Å². The van der Waals surface area contributed by atoms with Crippen molar-refractivity contribution in [2.24, 2.45) is 0 Å². The predicted octanol–water partition coefficient (Wildman–Crippen LogP) is 2.89. The molecule has 0 aliphatic rings. The number of hydrogen-bond acceptors (Lipinski definition) is 2. The third-order valence-corrected chi connectivity index (χ3v) is 2.45. The van der Waals surface area contributed by atoms with Crippen molar-refractivity contribution >= 4 is 21.8 Å². The average molecular weight is 260 g/mol. The van der Waals surface area contributed by atoms with E-state index in [1.54, 1.807) is 12.1 Å². The molecule has 0 aliphatic heterocycles. The number of phenols is 1. The number of phenolic OH excluding ortho intramolecular Hbond substituents is 1. The minimum absolute atomic E-state index is 0. The van der Waals surface area contributed by atoms with E-state index >= 15 is 0 Å². The Morgan fingerprint density at radius 2 is 1.94 bits per heavy atom. The molecule has 3 aromatic rings. The monoisotopic (exact) mass is 258 g/mol. The van der Waals surface area contributed by atoms with Gasteiger partial charge in [-0.3, -0.25) is 4.98 Å². The van der Waals surface area contributed by atoms with Crippen LogP contribution in [0.25, 0.3) is 21.8 Å². The normalized spacial score (nSPS) is 10.2. The fourth-order valence-electron chi connectivity index (χ4n) is 1.71. The molecule has 1 heterocycles. The van der Waals surface area contributed by atoms with Gasteiger partial charge in [-0.1, -0.05) is 24.3 Å². The maximum Gasteiger partial charge on any atom is 0.0597 e. The SMILES string of the molecule is Oc1cc[c-]c2cc3ccccc3nc12.[Zn]. The number of nitrogens with zero attached hydrogens (tertiary/aromatic N) is 1. The van der Waals surface area contributed by atoms with Crippen LogP contribution in [0.1, 0.15) is 0 Å². The van der Waals surface area contributed by atoms with Crippen molar-refractivity contribution < 1.29 is 24.6 Å². The van der Waals surface area contributed by atoms with Gasteiger partial charge in [-0.05, 0) is 11.5 Å². The minimum Gasteiger partial charge on any atom is -0.525 e. The molecule has 0 saturated heterocycles. The molecule has 0 amide bonds. The standard InChI is InChI=1S/C13H8NO.Zn/c15-12-7-3-5-10-8-9-4-1-2-6-11(9)14-13(10)12;/h1-4,6-8,15H;/q-1;. The number of para-hydroxylation sites is 1. The molecule has 3 heteroatoms. The summed E-state index contributed by atoms with van der Waals surface area (Å²) in [5, 5.41) is 11.6. The Bertz CT molecular complexity index is 652. The van der Waals surface area contributed by atoms with Crippen LogP contribution < -0.4 is 0 Å². The van der Waals surface area contributed by atoms with E-state index in [2.05, 4.69) is 11.1 Å². The van der Waals surface area contributed by atoms with Crippen LogP contribution in [-0.2, 0) is 19.5 Å². The molecule has 0 spiro atoms. The number of hydrogen-bond donors (Lipinski definition) is 1. The van der Waals surface area contributed by atoms with E-state index in [4.69, 9.17) is 0 Å². The first kappa shape index (κ1) is 11.0. The number of fused-ring (bicyclic) bond motifs is 2. The van der Waals surface area contributed by atoms with Crippen LogP contribution in [0.3, 0.4) is 0 Å². The van der Waals surface area contributed by atoms with Crippen LogP contribution >= 0.6 is 0 Å². The molecule has 0 radical (unpaired) electrons. The van der Waals surface area contributed by atoms with Gasteiger partial charge in [0.05, 0.1) is 11.3 Å². The molecule has 0 atom stereocenters. The summed E-state index contributed by atoms with van der Waals surface area (Å²) >= 11 is 0. The van der Waals surface area contributed by atoms with Crippen LogP contribution in [0.5, 0.6) is 5.75 Å². The summed E-state index contributed by atoms with van der Waals surface area (Å²) in [6.45, 7) is 0. The molecular formula is C13H8NOZn-. The molecule has 0 saturated carbocycles. The molecule has 74 valence electrons. The number of pyridine rings is 1. The van der Waals surface area contributed by atoms with Crippen molar-refractivity contribution in [1.29, 1.82) is 0 Å². The van der Waals surface area contributed by atoms with E-state index in [1.165, 1.54) is 0 Å². The molecule has 2 nitrogen and oxygen atoms in total. The zero-order valence-corrected chi connectivity index (χ0v) is 11.6. The third-order valence-electron chi connectivity index (χ3n) is 2.45. The van der Waals surface area contributed by atoms with Gasteiger partial charge in [-0.15, -0.1) is 23.6 Å². The van der Waals surface area contributed by atoms with Gasteiger partial charge < -0.3 is 5.11 Å². The first-order chi connectivity index (χ1) is 7.34. The zero-order valence-electron chi connectivity index (χ0n) is 8.64. The van der Waals surface area contributed by atoms with Gasteiger partial charge in [0.1, 0.15) is 0 Å². The van der Waals surface area contributed by atoms with Gasteiger partial charge in [-0.25, -0.2) is 0 Å². The molecule has 1 N–H and O–H groups in total. The van der Waals surface area contributed by atoms with Crippen LogP contribution in [0.4, 0.5) is 0 Å². The van der Waals surface area contributed by atoms with E-state index in [0.717, 1.165) is 16.3 Å². The van der Waals surface area contributed by atoms with Gasteiger partial charge in [0.25, 0.3) is 0 Å². The summed E-state index contributed by atoms with van der Waals surface area (Å²) < 4.78 is 0. The Hall–Kier alpha value is -1.47. The van der Waals surface area contributed by atoms with E-state index in [9.17, 15) is 5.11 Å². The number of aromatic hydroxyl groups is 1. The quantitative estimate of drug-likeness (QED) is 0.383. The maximum atomic E-state index is 9.65. The largest absolute Gasteiger partial charge is 0.525 e. The Balaban J connectivity index is 0.000000963. The minimum atomic E-state index is 0. The molecular weight excluding hydrogens is 252 g/mol. The van der Waals surface area contributed by atoms with E-state index in [1.807, 2.05) is 30.3 Å². The molecule has 16 heavy (non-hydrogen) atoms. The van der Waals surface area contributed by atoms with Crippen LogP contribution in [0.2, 0.25) is 0 Å². The summed E-state index contributed by atoms with van der Waals surface area (Å²) in [6, 6.07) is 16.2. The van der Waals surface area contributed by atoms with Crippen molar-refractivity contribution in [1.82, 2.24) is 4.98 Å². The van der Waals surface area contributed by atoms with Crippen molar-refractivity contribution in [3.05, 3.63) is 48.5 Å². The molecule has 0 unspecified atom stereocenters. The molecule has 1 aromatic heterocycles. The zero-order chi connectivity index (χ0) is 10.3.